The van der Waals surface area contributed by atoms with Gasteiger partial charge in [-0.3, -0.25) is 19.7 Å². The zero-order valence-electron chi connectivity index (χ0n) is 15.1. The van der Waals surface area contributed by atoms with Crippen molar-refractivity contribution in [3.63, 3.8) is 0 Å². The number of carbonyl (C=O) groups excluding carboxylic acids is 2. The third-order valence-corrected chi connectivity index (χ3v) is 4.36. The molecular weight excluding hydrogens is 360 g/mol. The molecule has 0 aliphatic rings. The summed E-state index contributed by atoms with van der Waals surface area (Å²) in [5, 5.41) is 15.8. The summed E-state index contributed by atoms with van der Waals surface area (Å²) in [4.78, 5) is 33.6. The fraction of sp³-hybridized carbons (Fsp3) is 0.143. The molecule has 0 radical (unpaired) electrons. The molecule has 0 saturated heterocycles. The molecule has 142 valence electrons. The van der Waals surface area contributed by atoms with E-state index in [1.807, 2.05) is 49.4 Å². The summed E-state index contributed by atoms with van der Waals surface area (Å²) in [6.07, 6.45) is 0.457. The lowest BCUT2D eigenvalue weighted by atomic mass is 10.00. The fourth-order valence-electron chi connectivity index (χ4n) is 3.01. The van der Waals surface area contributed by atoms with Crippen molar-refractivity contribution < 1.29 is 19.2 Å². The molecule has 0 heterocycles. The topological polar surface area (TPSA) is 98.5 Å². The minimum absolute atomic E-state index is 0.0177. The second-order valence-electron chi connectivity index (χ2n) is 6.24. The van der Waals surface area contributed by atoms with Crippen molar-refractivity contribution in [3.8, 4) is 5.75 Å². The van der Waals surface area contributed by atoms with Crippen LogP contribution in [0.25, 0.3) is 10.8 Å². The molecule has 0 bridgehead atoms. The van der Waals surface area contributed by atoms with Crippen LogP contribution in [0, 0.1) is 10.1 Å². The molecule has 28 heavy (non-hydrogen) atoms. The molecule has 7 nitrogen and oxygen atoms in total. The highest BCUT2D eigenvalue weighted by molar-refractivity contribution is 5.87. The Morgan fingerprint density at radius 2 is 1.93 bits per heavy atom. The fourth-order valence-corrected chi connectivity index (χ4v) is 3.01. The maximum atomic E-state index is 12.3. The molecule has 3 aromatic rings. The number of carbonyl (C=O) groups is 2. The van der Waals surface area contributed by atoms with Crippen LogP contribution < -0.4 is 10.1 Å². The van der Waals surface area contributed by atoms with Crippen LogP contribution in [0.15, 0.2) is 60.7 Å². The van der Waals surface area contributed by atoms with E-state index < -0.39 is 4.92 Å². The predicted molar refractivity (Wildman–Crippen MR) is 104 cm³/mol. The monoisotopic (exact) mass is 378 g/mol. The Labute approximate surface area is 161 Å². The summed E-state index contributed by atoms with van der Waals surface area (Å²) in [5.74, 6) is -0.246. The Balaban J connectivity index is 1.67. The van der Waals surface area contributed by atoms with Gasteiger partial charge in [-0.15, -0.1) is 0 Å². The van der Waals surface area contributed by atoms with Crippen molar-refractivity contribution in [2.24, 2.45) is 0 Å². The van der Waals surface area contributed by atoms with E-state index >= 15 is 0 Å². The van der Waals surface area contributed by atoms with Gasteiger partial charge in [0.25, 0.3) is 11.6 Å². The van der Waals surface area contributed by atoms with Gasteiger partial charge in [0.15, 0.2) is 12.9 Å². The summed E-state index contributed by atoms with van der Waals surface area (Å²) in [6, 6.07) is 17.2. The van der Waals surface area contributed by atoms with E-state index in [1.165, 1.54) is 12.1 Å². The number of ether oxygens (including phenoxy) is 1. The zero-order chi connectivity index (χ0) is 20.1. The van der Waals surface area contributed by atoms with Gasteiger partial charge in [-0.2, -0.15) is 0 Å². The van der Waals surface area contributed by atoms with Crippen LogP contribution in [0.1, 0.15) is 28.9 Å². The Hall–Kier alpha value is -3.74. The highest BCUT2D eigenvalue weighted by atomic mass is 16.6. The Kier molecular flexibility index (Phi) is 5.64. The third kappa shape index (κ3) is 4.15. The quantitative estimate of drug-likeness (QED) is 0.383. The Morgan fingerprint density at radius 3 is 2.68 bits per heavy atom. The van der Waals surface area contributed by atoms with Crippen LogP contribution in [0.2, 0.25) is 0 Å². The molecule has 0 fully saturated rings. The second-order valence-corrected chi connectivity index (χ2v) is 6.24. The molecule has 1 amide bonds. The SMILES string of the molecule is C[C@@H](NC(=O)COc1ccc([N+](=O)[O-])cc1C=O)c1cccc2ccccc12. The van der Waals surface area contributed by atoms with Gasteiger partial charge >= 0.3 is 0 Å². The van der Waals surface area contributed by atoms with E-state index in [1.54, 1.807) is 0 Å². The molecule has 7 heteroatoms. The molecule has 3 rings (SSSR count). The maximum absolute atomic E-state index is 12.3. The predicted octanol–water partition coefficient (Wildman–Crippen LogP) is 3.82. The first-order valence-electron chi connectivity index (χ1n) is 8.63. The van der Waals surface area contributed by atoms with Crippen LogP contribution in [-0.4, -0.2) is 23.7 Å². The van der Waals surface area contributed by atoms with E-state index in [0.717, 1.165) is 22.4 Å². The van der Waals surface area contributed by atoms with Crippen LogP contribution in [0.3, 0.4) is 0 Å². The lowest BCUT2D eigenvalue weighted by Gasteiger charge is -2.17. The lowest BCUT2D eigenvalue weighted by Crippen LogP contribution is -2.31. The van der Waals surface area contributed by atoms with Crippen LogP contribution in [-0.2, 0) is 4.79 Å². The average Bonchev–Trinajstić information content (AvgIpc) is 2.71. The van der Waals surface area contributed by atoms with Gasteiger partial charge in [0.2, 0.25) is 0 Å². The molecule has 1 atom stereocenters. The molecule has 0 saturated carbocycles. The molecule has 0 aliphatic heterocycles. The maximum Gasteiger partial charge on any atom is 0.270 e. The van der Waals surface area contributed by atoms with Crippen molar-refractivity contribution in [1.29, 1.82) is 0 Å². The number of fused-ring (bicyclic) bond motifs is 1. The largest absolute Gasteiger partial charge is 0.483 e. The Morgan fingerprint density at radius 1 is 1.18 bits per heavy atom. The molecule has 0 spiro atoms. The number of hydrogen-bond acceptors (Lipinski definition) is 5. The Bertz CT molecular complexity index is 1040. The molecule has 0 aromatic heterocycles. The molecule has 0 unspecified atom stereocenters. The number of amides is 1. The summed E-state index contributed by atoms with van der Waals surface area (Å²) in [5.41, 5.74) is 0.781. The van der Waals surface area contributed by atoms with Crippen molar-refractivity contribution in [2.45, 2.75) is 13.0 Å². The van der Waals surface area contributed by atoms with E-state index in [0.29, 0.717) is 6.29 Å². The highest BCUT2D eigenvalue weighted by Gasteiger charge is 2.15. The van der Waals surface area contributed by atoms with E-state index in [2.05, 4.69) is 5.32 Å². The number of rotatable bonds is 7. The van der Waals surface area contributed by atoms with Crippen LogP contribution >= 0.6 is 0 Å². The first-order valence-corrected chi connectivity index (χ1v) is 8.63. The number of nitrogens with one attached hydrogen (secondary N) is 1. The van der Waals surface area contributed by atoms with Crippen LogP contribution in [0.5, 0.6) is 5.75 Å². The van der Waals surface area contributed by atoms with E-state index in [4.69, 9.17) is 4.74 Å². The van der Waals surface area contributed by atoms with E-state index in [-0.39, 0.29) is 35.6 Å². The van der Waals surface area contributed by atoms with E-state index in [9.17, 15) is 19.7 Å². The minimum Gasteiger partial charge on any atom is -0.483 e. The highest BCUT2D eigenvalue weighted by Crippen LogP contribution is 2.25. The van der Waals surface area contributed by atoms with Gasteiger partial charge in [0, 0.05) is 12.1 Å². The third-order valence-electron chi connectivity index (χ3n) is 4.36. The summed E-state index contributed by atoms with van der Waals surface area (Å²) in [6.45, 7) is 1.57. The number of nitro groups is 1. The first kappa shape index (κ1) is 19.0. The smallest absolute Gasteiger partial charge is 0.270 e. The molecule has 3 aromatic carbocycles. The minimum atomic E-state index is -0.602. The van der Waals surface area contributed by atoms with Crippen LogP contribution in [0.4, 0.5) is 5.69 Å². The van der Waals surface area contributed by atoms with Gasteiger partial charge < -0.3 is 10.1 Å². The standard InChI is InChI=1S/C21H18N2O5/c1-14(18-8-4-6-15-5-2-3-7-19(15)18)22-21(25)13-28-20-10-9-17(23(26)27)11-16(20)12-24/h2-12,14H,13H2,1H3,(H,22,25)/t14-/m1/s1. The van der Waals surface area contributed by atoms with Crippen molar-refractivity contribution >= 4 is 28.7 Å². The first-order chi connectivity index (χ1) is 13.5. The number of nitro benzene ring substituents is 1. The van der Waals surface area contributed by atoms with Crippen molar-refractivity contribution in [3.05, 3.63) is 81.9 Å². The summed E-state index contributed by atoms with van der Waals surface area (Å²) < 4.78 is 5.38. The number of aldehydes is 1. The normalized spacial score (nSPS) is 11.6. The van der Waals surface area contributed by atoms with Gasteiger partial charge in [-0.1, -0.05) is 42.5 Å². The van der Waals surface area contributed by atoms with Gasteiger partial charge in [0.05, 0.1) is 16.5 Å². The number of benzene rings is 3. The molecule has 0 aliphatic carbocycles. The summed E-state index contributed by atoms with van der Waals surface area (Å²) >= 11 is 0. The molecular formula is C21H18N2O5. The van der Waals surface area contributed by atoms with Crippen molar-refractivity contribution in [1.82, 2.24) is 5.32 Å². The van der Waals surface area contributed by atoms with Crippen molar-refractivity contribution in [2.75, 3.05) is 6.61 Å². The van der Waals surface area contributed by atoms with Gasteiger partial charge in [-0.25, -0.2) is 0 Å². The number of nitrogens with zero attached hydrogens (tertiary/aromatic N) is 1. The number of hydrogen-bond donors (Lipinski definition) is 1. The lowest BCUT2D eigenvalue weighted by molar-refractivity contribution is -0.384. The zero-order valence-corrected chi connectivity index (χ0v) is 15.1. The van der Waals surface area contributed by atoms with Gasteiger partial charge in [0.1, 0.15) is 5.75 Å². The van der Waals surface area contributed by atoms with Gasteiger partial charge in [-0.05, 0) is 29.3 Å². The number of non-ortho nitro benzene ring substituents is 1. The summed E-state index contributed by atoms with van der Waals surface area (Å²) in [7, 11) is 0. The average molecular weight is 378 g/mol. The molecule has 1 N–H and O–H groups in total. The second kappa shape index (κ2) is 8.30.